The molecule has 0 N–H and O–H groups in total. The maximum Gasteiger partial charge on any atom is 0.417 e. The van der Waals surface area contributed by atoms with Crippen molar-refractivity contribution in [1.82, 2.24) is 0 Å². The molecule has 0 aliphatic carbocycles. The van der Waals surface area contributed by atoms with Crippen molar-refractivity contribution in [3.63, 3.8) is 0 Å². The third kappa shape index (κ3) is 2.90. The minimum atomic E-state index is -4.50. The molecule has 0 saturated carbocycles. The molecule has 17 heavy (non-hydrogen) atoms. The van der Waals surface area contributed by atoms with Gasteiger partial charge in [0.25, 0.3) is 0 Å². The summed E-state index contributed by atoms with van der Waals surface area (Å²) in [7, 11) is 1.71. The Balaban J connectivity index is 3.29. The van der Waals surface area contributed by atoms with Crippen molar-refractivity contribution in [2.45, 2.75) is 26.1 Å². The van der Waals surface area contributed by atoms with Crippen LogP contribution < -0.4 is 4.90 Å². The van der Waals surface area contributed by atoms with Gasteiger partial charge in [-0.25, -0.2) is 0 Å². The summed E-state index contributed by atoms with van der Waals surface area (Å²) in [6.07, 6.45) is -4.50. The Kier molecular flexibility index (Phi) is 3.66. The van der Waals surface area contributed by atoms with Crippen LogP contribution in [0.15, 0.2) is 18.2 Å². The summed E-state index contributed by atoms with van der Waals surface area (Å²) < 4.78 is 38.1. The molecular formula is C12H13F3N2. The Morgan fingerprint density at radius 2 is 1.88 bits per heavy atom. The van der Waals surface area contributed by atoms with Crippen LogP contribution in [0.4, 0.5) is 18.9 Å². The lowest BCUT2D eigenvalue weighted by Gasteiger charge is -2.24. The van der Waals surface area contributed by atoms with Crippen LogP contribution in [0.25, 0.3) is 0 Å². The summed E-state index contributed by atoms with van der Waals surface area (Å²) in [4.78, 5) is 1.72. The van der Waals surface area contributed by atoms with Crippen molar-refractivity contribution in [3.8, 4) is 6.07 Å². The smallest absolute Gasteiger partial charge is 0.372 e. The molecule has 0 atom stereocenters. The monoisotopic (exact) mass is 242 g/mol. The van der Waals surface area contributed by atoms with Gasteiger partial charge < -0.3 is 4.90 Å². The van der Waals surface area contributed by atoms with Crippen LogP contribution in [-0.4, -0.2) is 13.1 Å². The zero-order valence-corrected chi connectivity index (χ0v) is 9.84. The number of benzene rings is 1. The highest BCUT2D eigenvalue weighted by Gasteiger charge is 2.34. The summed E-state index contributed by atoms with van der Waals surface area (Å²) >= 11 is 0. The van der Waals surface area contributed by atoms with Gasteiger partial charge in [-0.2, -0.15) is 18.4 Å². The fourth-order valence-electron chi connectivity index (χ4n) is 1.38. The van der Waals surface area contributed by atoms with Gasteiger partial charge in [-0.3, -0.25) is 0 Å². The summed E-state index contributed by atoms with van der Waals surface area (Å²) in [5.41, 5.74) is -0.783. The molecule has 0 aliphatic heterocycles. The first kappa shape index (κ1) is 13.4. The number of hydrogen-bond donors (Lipinski definition) is 0. The van der Waals surface area contributed by atoms with Gasteiger partial charge >= 0.3 is 6.18 Å². The number of anilines is 1. The molecule has 0 aromatic heterocycles. The Morgan fingerprint density at radius 3 is 2.29 bits per heavy atom. The molecule has 92 valence electrons. The van der Waals surface area contributed by atoms with Crippen molar-refractivity contribution >= 4 is 5.69 Å². The first-order chi connectivity index (χ1) is 7.77. The minimum absolute atomic E-state index is 0.0871. The van der Waals surface area contributed by atoms with Crippen molar-refractivity contribution in [3.05, 3.63) is 29.3 Å². The van der Waals surface area contributed by atoms with Crippen LogP contribution in [0, 0.1) is 11.3 Å². The fourth-order valence-corrected chi connectivity index (χ4v) is 1.38. The van der Waals surface area contributed by atoms with E-state index >= 15 is 0 Å². The highest BCUT2D eigenvalue weighted by molar-refractivity contribution is 5.54. The third-order valence-electron chi connectivity index (χ3n) is 2.61. The predicted molar refractivity (Wildman–Crippen MR) is 59.7 cm³/mol. The molecule has 0 spiro atoms. The maximum atomic E-state index is 12.7. The lowest BCUT2D eigenvalue weighted by molar-refractivity contribution is -0.137. The second-order valence-electron chi connectivity index (χ2n) is 4.04. The summed E-state index contributed by atoms with van der Waals surface area (Å²) in [5, 5.41) is 8.66. The van der Waals surface area contributed by atoms with Gasteiger partial charge in [0.15, 0.2) is 0 Å². The standard InChI is InChI=1S/C12H13F3N2/c1-8(2)17(3)10-5-4-9(7-16)11(6-10)12(13,14)15/h4-6,8H,1-3H3. The topological polar surface area (TPSA) is 27.0 Å². The van der Waals surface area contributed by atoms with Crippen molar-refractivity contribution in [2.24, 2.45) is 0 Å². The van der Waals surface area contributed by atoms with E-state index in [2.05, 4.69) is 0 Å². The Morgan fingerprint density at radius 1 is 1.29 bits per heavy atom. The molecule has 0 unspecified atom stereocenters. The largest absolute Gasteiger partial charge is 0.417 e. The Bertz CT molecular complexity index is 444. The number of rotatable bonds is 2. The van der Waals surface area contributed by atoms with Crippen LogP contribution in [0.3, 0.4) is 0 Å². The van der Waals surface area contributed by atoms with Gasteiger partial charge in [0, 0.05) is 18.8 Å². The first-order valence-corrected chi connectivity index (χ1v) is 5.11. The molecule has 0 amide bonds. The minimum Gasteiger partial charge on any atom is -0.372 e. The van der Waals surface area contributed by atoms with E-state index in [4.69, 9.17) is 5.26 Å². The van der Waals surface area contributed by atoms with E-state index in [1.807, 2.05) is 13.8 Å². The summed E-state index contributed by atoms with van der Waals surface area (Å²) in [6.45, 7) is 3.76. The van der Waals surface area contributed by atoms with Gasteiger partial charge in [-0.15, -0.1) is 0 Å². The van der Waals surface area contributed by atoms with E-state index in [-0.39, 0.29) is 11.6 Å². The highest BCUT2D eigenvalue weighted by Crippen LogP contribution is 2.34. The number of alkyl halides is 3. The molecule has 0 saturated heterocycles. The van der Waals surface area contributed by atoms with Crippen LogP contribution >= 0.6 is 0 Å². The lowest BCUT2D eigenvalue weighted by atomic mass is 10.1. The summed E-state index contributed by atoms with van der Waals surface area (Å²) in [6, 6.07) is 5.39. The van der Waals surface area contributed by atoms with E-state index in [1.165, 1.54) is 12.1 Å². The van der Waals surface area contributed by atoms with Crippen LogP contribution in [0.2, 0.25) is 0 Å². The molecule has 0 fully saturated rings. The van der Waals surface area contributed by atoms with Gasteiger partial charge in [0.2, 0.25) is 0 Å². The molecule has 1 aromatic carbocycles. The number of halogens is 3. The molecule has 1 aromatic rings. The number of nitriles is 1. The first-order valence-electron chi connectivity index (χ1n) is 5.11. The molecular weight excluding hydrogens is 229 g/mol. The average molecular weight is 242 g/mol. The van der Waals surface area contributed by atoms with E-state index in [9.17, 15) is 13.2 Å². The lowest BCUT2D eigenvalue weighted by Crippen LogP contribution is -2.26. The second-order valence-corrected chi connectivity index (χ2v) is 4.04. The SMILES string of the molecule is CC(C)N(C)c1ccc(C#N)c(C(F)(F)F)c1. The zero-order valence-electron chi connectivity index (χ0n) is 9.84. The maximum absolute atomic E-state index is 12.7. The molecule has 1 rings (SSSR count). The predicted octanol–water partition coefficient (Wildman–Crippen LogP) is 3.42. The van der Waals surface area contributed by atoms with Gasteiger partial charge in [-0.1, -0.05) is 0 Å². The Hall–Kier alpha value is -1.70. The highest BCUT2D eigenvalue weighted by atomic mass is 19.4. The molecule has 0 heterocycles. The van der Waals surface area contributed by atoms with Crippen molar-refractivity contribution < 1.29 is 13.2 Å². The van der Waals surface area contributed by atoms with Crippen LogP contribution in [0.1, 0.15) is 25.0 Å². The third-order valence-corrected chi connectivity index (χ3v) is 2.61. The van der Waals surface area contributed by atoms with Crippen LogP contribution in [-0.2, 0) is 6.18 Å². The number of nitrogens with zero attached hydrogens (tertiary/aromatic N) is 2. The van der Waals surface area contributed by atoms with Gasteiger partial charge in [0.05, 0.1) is 17.2 Å². The van der Waals surface area contributed by atoms with Gasteiger partial charge in [-0.05, 0) is 32.0 Å². The molecule has 2 nitrogen and oxygen atoms in total. The normalized spacial score (nSPS) is 11.4. The Labute approximate surface area is 98.3 Å². The second kappa shape index (κ2) is 4.66. The van der Waals surface area contributed by atoms with E-state index in [0.29, 0.717) is 5.69 Å². The molecule has 0 radical (unpaired) electrons. The molecule has 0 aliphatic rings. The van der Waals surface area contributed by atoms with E-state index < -0.39 is 11.7 Å². The van der Waals surface area contributed by atoms with E-state index in [0.717, 1.165) is 6.07 Å². The molecule has 5 heteroatoms. The fraction of sp³-hybridized carbons (Fsp3) is 0.417. The number of hydrogen-bond acceptors (Lipinski definition) is 2. The quantitative estimate of drug-likeness (QED) is 0.794. The van der Waals surface area contributed by atoms with Crippen molar-refractivity contribution in [2.75, 3.05) is 11.9 Å². The zero-order chi connectivity index (χ0) is 13.2. The van der Waals surface area contributed by atoms with Crippen molar-refractivity contribution in [1.29, 1.82) is 5.26 Å². The molecule has 0 bridgehead atoms. The van der Waals surface area contributed by atoms with Crippen LogP contribution in [0.5, 0.6) is 0 Å². The van der Waals surface area contributed by atoms with E-state index in [1.54, 1.807) is 18.0 Å². The van der Waals surface area contributed by atoms with Gasteiger partial charge in [0.1, 0.15) is 0 Å². The average Bonchev–Trinajstić information content (AvgIpc) is 2.25. The summed E-state index contributed by atoms with van der Waals surface area (Å²) in [5.74, 6) is 0.